The minimum Gasteiger partial charge on any atom is -0.377 e. The van der Waals surface area contributed by atoms with Crippen molar-refractivity contribution in [1.82, 2.24) is 16.0 Å². The Balaban J connectivity index is 1.19. The minimum atomic E-state index is -0.827. The van der Waals surface area contributed by atoms with Crippen molar-refractivity contribution in [2.24, 2.45) is 0 Å². The molecule has 3 N–H and O–H groups in total. The molecule has 0 spiro atoms. The smallest absolute Gasteiger partial charge is 0.237 e. The molecule has 0 aliphatic rings. The summed E-state index contributed by atoms with van der Waals surface area (Å²) in [7, 11) is 0. The average Bonchev–Trinajstić information content (AvgIpc) is 3.28. The van der Waals surface area contributed by atoms with Crippen LogP contribution in [0.4, 0.5) is 0 Å². The van der Waals surface area contributed by atoms with Crippen LogP contribution in [0.25, 0.3) is 0 Å². The van der Waals surface area contributed by atoms with Gasteiger partial charge in [0, 0.05) is 19.7 Å². The van der Waals surface area contributed by atoms with E-state index in [9.17, 15) is 4.79 Å². The summed E-state index contributed by atoms with van der Waals surface area (Å²) in [6.45, 7) is 1.79. The van der Waals surface area contributed by atoms with Crippen molar-refractivity contribution in [3.63, 3.8) is 0 Å². The van der Waals surface area contributed by atoms with E-state index in [0.717, 1.165) is 38.9 Å². The predicted molar refractivity (Wildman–Crippen MR) is 227 cm³/mol. The molecule has 7 rings (SSSR count). The first-order valence-electron chi connectivity index (χ1n) is 19.5. The molecule has 7 aromatic carbocycles. The third-order valence-electron chi connectivity index (χ3n) is 10.4. The normalized spacial score (nSPS) is 12.1. The highest BCUT2D eigenvalue weighted by Crippen LogP contribution is 2.38. The summed E-state index contributed by atoms with van der Waals surface area (Å²) < 4.78 is 6.22. The van der Waals surface area contributed by atoms with Crippen LogP contribution in [-0.2, 0) is 27.2 Å². The van der Waals surface area contributed by atoms with Crippen molar-refractivity contribution in [3.8, 4) is 0 Å². The van der Waals surface area contributed by atoms with Crippen LogP contribution in [0, 0.1) is 0 Å². The third kappa shape index (κ3) is 8.72. The van der Waals surface area contributed by atoms with Gasteiger partial charge in [-0.05, 0) is 45.4 Å². The number of carbonyl (C=O) groups excluding carboxylic acids is 1. The second kappa shape index (κ2) is 19.0. The summed E-state index contributed by atoms with van der Waals surface area (Å²) in [5.74, 6) is -0.0907. The molecule has 5 heteroatoms. The monoisotopic (exact) mass is 735 g/mol. The Morgan fingerprint density at radius 3 is 1.16 bits per heavy atom. The number of nitrogens with one attached hydrogen (secondary N) is 3. The molecule has 56 heavy (non-hydrogen) atoms. The number of benzene rings is 7. The van der Waals surface area contributed by atoms with Gasteiger partial charge in [0.2, 0.25) is 5.91 Å². The molecule has 1 unspecified atom stereocenters. The number of rotatable bonds is 18. The van der Waals surface area contributed by atoms with Crippen molar-refractivity contribution in [2.75, 3.05) is 19.7 Å². The van der Waals surface area contributed by atoms with E-state index in [-0.39, 0.29) is 5.91 Å². The molecule has 1 atom stereocenters. The molecule has 5 nitrogen and oxygen atoms in total. The Morgan fingerprint density at radius 2 is 0.786 bits per heavy atom. The summed E-state index contributed by atoms with van der Waals surface area (Å²) in [6.07, 6.45) is 0.461. The summed E-state index contributed by atoms with van der Waals surface area (Å²) in [5, 5.41) is 11.2. The molecule has 0 aromatic heterocycles. The first kappa shape index (κ1) is 38.2. The van der Waals surface area contributed by atoms with Crippen LogP contribution in [0.2, 0.25) is 0 Å². The molecule has 0 saturated carbocycles. The zero-order chi connectivity index (χ0) is 38.3. The molecule has 0 bridgehead atoms. The number of hydrogen-bond donors (Lipinski definition) is 3. The Bertz CT molecular complexity index is 1990. The number of carbonyl (C=O) groups is 1. The molecule has 0 fully saturated rings. The maximum atomic E-state index is 14.7. The van der Waals surface area contributed by atoms with E-state index < -0.39 is 17.1 Å². The summed E-state index contributed by atoms with van der Waals surface area (Å²) >= 11 is 0. The maximum Gasteiger partial charge on any atom is 0.237 e. The topological polar surface area (TPSA) is 62.4 Å². The van der Waals surface area contributed by atoms with Gasteiger partial charge in [0.25, 0.3) is 0 Å². The summed E-state index contributed by atoms with van der Waals surface area (Å²) in [5.41, 5.74) is 6.12. The van der Waals surface area contributed by atoms with Gasteiger partial charge in [0.05, 0.1) is 23.7 Å². The highest BCUT2D eigenvalue weighted by atomic mass is 16.5. The zero-order valence-corrected chi connectivity index (χ0v) is 31.6. The standard InChI is InChI=1S/C51H49N3O2/c55-49(52-37-38-53-50(42-24-10-2-11-25-42,43-26-12-3-13-27-43)44-28-14-4-15-29-44)48(36-39-56-40-41-22-8-1-9-23-41)54-51(45-30-16-5-17-31-45,46-32-18-6-19-33-46)47-34-20-7-21-35-47/h1-35,48,53-54H,36-40H2,(H,52,55). The van der Waals surface area contributed by atoms with Crippen LogP contribution in [0.1, 0.15) is 45.4 Å². The van der Waals surface area contributed by atoms with Gasteiger partial charge in [0.15, 0.2) is 0 Å². The summed E-state index contributed by atoms with van der Waals surface area (Å²) in [6, 6.07) is 72.3. The molecule has 0 aliphatic heterocycles. The highest BCUT2D eigenvalue weighted by Gasteiger charge is 2.40. The maximum absolute atomic E-state index is 14.7. The number of ether oxygens (including phenoxy) is 1. The van der Waals surface area contributed by atoms with Crippen molar-refractivity contribution >= 4 is 5.91 Å². The van der Waals surface area contributed by atoms with Gasteiger partial charge >= 0.3 is 0 Å². The zero-order valence-electron chi connectivity index (χ0n) is 31.6. The van der Waals surface area contributed by atoms with E-state index in [1.165, 1.54) is 0 Å². The van der Waals surface area contributed by atoms with Crippen molar-refractivity contribution in [3.05, 3.63) is 251 Å². The average molecular weight is 736 g/mol. The highest BCUT2D eigenvalue weighted by molar-refractivity contribution is 5.82. The van der Waals surface area contributed by atoms with Crippen molar-refractivity contribution in [1.29, 1.82) is 0 Å². The van der Waals surface area contributed by atoms with E-state index in [0.29, 0.717) is 32.7 Å². The lowest BCUT2D eigenvalue weighted by atomic mass is 9.76. The number of hydrogen-bond acceptors (Lipinski definition) is 4. The Morgan fingerprint density at radius 1 is 0.446 bits per heavy atom. The lowest BCUT2D eigenvalue weighted by Gasteiger charge is -2.40. The molecule has 7 aromatic rings. The van der Waals surface area contributed by atoms with Crippen molar-refractivity contribution in [2.45, 2.75) is 30.1 Å². The minimum absolute atomic E-state index is 0.0907. The van der Waals surface area contributed by atoms with E-state index >= 15 is 0 Å². The molecule has 0 radical (unpaired) electrons. The Kier molecular flexibility index (Phi) is 12.9. The molecular formula is C51H49N3O2. The largest absolute Gasteiger partial charge is 0.377 e. The molecule has 280 valence electrons. The quantitative estimate of drug-likeness (QED) is 0.0608. The molecule has 0 heterocycles. The molecule has 1 amide bonds. The Labute approximate surface area is 331 Å². The van der Waals surface area contributed by atoms with Gasteiger partial charge in [-0.1, -0.05) is 212 Å². The molecule has 0 saturated heterocycles. The predicted octanol–water partition coefficient (Wildman–Crippen LogP) is 9.24. The van der Waals surface area contributed by atoms with Gasteiger partial charge in [-0.15, -0.1) is 0 Å². The van der Waals surface area contributed by atoms with Crippen LogP contribution in [0.15, 0.2) is 212 Å². The molecule has 0 aliphatic carbocycles. The second-order valence-corrected chi connectivity index (χ2v) is 13.9. The number of amides is 1. The van der Waals surface area contributed by atoms with E-state index in [1.807, 2.05) is 54.6 Å². The van der Waals surface area contributed by atoms with Crippen LogP contribution < -0.4 is 16.0 Å². The second-order valence-electron chi connectivity index (χ2n) is 13.9. The van der Waals surface area contributed by atoms with E-state index in [2.05, 4.69) is 174 Å². The SMILES string of the molecule is O=C(NCCNC(c1ccccc1)(c1ccccc1)c1ccccc1)C(CCOCc1ccccc1)NC(c1ccccc1)(c1ccccc1)c1ccccc1. The lowest BCUT2D eigenvalue weighted by Crippen LogP contribution is -2.56. The molecular weight excluding hydrogens is 687 g/mol. The first-order valence-corrected chi connectivity index (χ1v) is 19.5. The van der Waals surface area contributed by atoms with Crippen LogP contribution in [-0.4, -0.2) is 31.6 Å². The van der Waals surface area contributed by atoms with E-state index in [1.54, 1.807) is 0 Å². The van der Waals surface area contributed by atoms with Gasteiger partial charge in [-0.3, -0.25) is 15.4 Å². The first-order chi connectivity index (χ1) is 27.7. The Hall–Kier alpha value is -6.11. The summed E-state index contributed by atoms with van der Waals surface area (Å²) in [4.78, 5) is 14.7. The van der Waals surface area contributed by atoms with Gasteiger partial charge in [-0.25, -0.2) is 0 Å². The van der Waals surface area contributed by atoms with Crippen LogP contribution >= 0.6 is 0 Å². The van der Waals surface area contributed by atoms with Crippen LogP contribution in [0.3, 0.4) is 0 Å². The fourth-order valence-corrected chi connectivity index (χ4v) is 7.74. The third-order valence-corrected chi connectivity index (χ3v) is 10.4. The van der Waals surface area contributed by atoms with Gasteiger partial charge < -0.3 is 10.1 Å². The van der Waals surface area contributed by atoms with Gasteiger partial charge in [0.1, 0.15) is 0 Å². The fourth-order valence-electron chi connectivity index (χ4n) is 7.74. The van der Waals surface area contributed by atoms with Gasteiger partial charge in [-0.2, -0.15) is 0 Å². The lowest BCUT2D eigenvalue weighted by molar-refractivity contribution is -0.124. The fraction of sp³-hybridized carbons (Fsp3) is 0.157. The van der Waals surface area contributed by atoms with E-state index in [4.69, 9.17) is 4.74 Å². The van der Waals surface area contributed by atoms with Crippen molar-refractivity contribution < 1.29 is 9.53 Å². The van der Waals surface area contributed by atoms with Crippen LogP contribution in [0.5, 0.6) is 0 Å².